The maximum Gasteiger partial charge on any atom is 0.319 e. The molecule has 0 N–H and O–H groups in total. The van der Waals surface area contributed by atoms with E-state index in [0.29, 0.717) is 6.54 Å². The van der Waals surface area contributed by atoms with Crippen LogP contribution in [0.4, 0.5) is 0 Å². The molecule has 1 aromatic carbocycles. The zero-order valence-electron chi connectivity index (χ0n) is 9.57. The number of rotatable bonds is 5. The van der Waals surface area contributed by atoms with E-state index >= 15 is 0 Å². The lowest BCUT2D eigenvalue weighted by atomic mass is 10.2. The molecule has 0 bridgehead atoms. The molecule has 0 unspecified atom stereocenters. The number of hydrogen-bond donors (Lipinski definition) is 0. The average molecular weight is 286 g/mol. The summed E-state index contributed by atoms with van der Waals surface area (Å²) < 4.78 is 5.73. The molecular formula is C12H16BrNO2. The molecule has 0 amide bonds. The minimum Gasteiger partial charge on any atom is -0.468 e. The number of nitrogens with zero attached hydrogens (tertiary/aromatic N) is 1. The van der Waals surface area contributed by atoms with Crippen LogP contribution >= 0.6 is 15.9 Å². The molecule has 0 atom stereocenters. The maximum absolute atomic E-state index is 11.2. The molecule has 0 radical (unpaired) electrons. The van der Waals surface area contributed by atoms with Crippen LogP contribution in [0.25, 0.3) is 0 Å². The van der Waals surface area contributed by atoms with E-state index in [1.807, 2.05) is 36.1 Å². The third-order valence-corrected chi connectivity index (χ3v) is 3.15. The molecule has 0 aliphatic rings. The SMILES string of the molecule is CCN(CC(=O)OC)Cc1ccccc1Br. The molecule has 0 heterocycles. The Morgan fingerprint density at radius 3 is 2.69 bits per heavy atom. The van der Waals surface area contributed by atoms with E-state index < -0.39 is 0 Å². The summed E-state index contributed by atoms with van der Waals surface area (Å²) in [5.41, 5.74) is 1.17. The highest BCUT2D eigenvalue weighted by Crippen LogP contribution is 2.17. The molecule has 4 heteroatoms. The van der Waals surface area contributed by atoms with Gasteiger partial charge in [-0.2, -0.15) is 0 Å². The summed E-state index contributed by atoms with van der Waals surface area (Å²) >= 11 is 3.49. The van der Waals surface area contributed by atoms with Gasteiger partial charge in [0.1, 0.15) is 0 Å². The highest BCUT2D eigenvalue weighted by molar-refractivity contribution is 9.10. The van der Waals surface area contributed by atoms with E-state index in [1.165, 1.54) is 12.7 Å². The first kappa shape index (κ1) is 13.2. The predicted octanol–water partition coefficient (Wildman–Crippen LogP) is 2.44. The van der Waals surface area contributed by atoms with Gasteiger partial charge in [0, 0.05) is 11.0 Å². The van der Waals surface area contributed by atoms with Gasteiger partial charge in [0.25, 0.3) is 0 Å². The molecule has 0 fully saturated rings. The van der Waals surface area contributed by atoms with Crippen molar-refractivity contribution >= 4 is 21.9 Å². The van der Waals surface area contributed by atoms with Crippen LogP contribution in [0.15, 0.2) is 28.7 Å². The van der Waals surface area contributed by atoms with Gasteiger partial charge in [-0.25, -0.2) is 0 Å². The highest BCUT2D eigenvalue weighted by atomic mass is 79.9. The second-order valence-corrected chi connectivity index (χ2v) is 4.33. The van der Waals surface area contributed by atoms with Crippen molar-refractivity contribution in [1.29, 1.82) is 0 Å². The van der Waals surface area contributed by atoms with Gasteiger partial charge < -0.3 is 4.74 Å². The van der Waals surface area contributed by atoms with Crippen molar-refractivity contribution in [1.82, 2.24) is 4.90 Å². The summed E-state index contributed by atoms with van der Waals surface area (Å²) in [6.45, 7) is 3.91. The Morgan fingerprint density at radius 2 is 2.12 bits per heavy atom. The van der Waals surface area contributed by atoms with Crippen LogP contribution in [0.2, 0.25) is 0 Å². The van der Waals surface area contributed by atoms with Crippen molar-refractivity contribution in [3.05, 3.63) is 34.3 Å². The predicted molar refractivity (Wildman–Crippen MR) is 67.1 cm³/mol. The van der Waals surface area contributed by atoms with Crippen LogP contribution in [-0.2, 0) is 16.1 Å². The molecule has 1 aromatic rings. The monoisotopic (exact) mass is 285 g/mol. The largest absolute Gasteiger partial charge is 0.468 e. The van der Waals surface area contributed by atoms with E-state index in [2.05, 4.69) is 20.7 Å². The molecule has 0 spiro atoms. The second-order valence-electron chi connectivity index (χ2n) is 3.47. The van der Waals surface area contributed by atoms with Crippen LogP contribution < -0.4 is 0 Å². The standard InChI is InChI=1S/C12H16BrNO2/c1-3-14(9-12(15)16-2)8-10-6-4-5-7-11(10)13/h4-7H,3,8-9H2,1-2H3. The lowest BCUT2D eigenvalue weighted by molar-refractivity contribution is -0.142. The van der Waals surface area contributed by atoms with Gasteiger partial charge in [0.2, 0.25) is 0 Å². The Bertz CT molecular complexity index is 355. The number of halogens is 1. The fourth-order valence-electron chi connectivity index (χ4n) is 1.39. The minimum absolute atomic E-state index is 0.200. The molecular weight excluding hydrogens is 270 g/mol. The van der Waals surface area contributed by atoms with E-state index in [1.54, 1.807) is 0 Å². The quantitative estimate of drug-likeness (QED) is 0.779. The number of hydrogen-bond acceptors (Lipinski definition) is 3. The second kappa shape index (κ2) is 6.66. The number of carbonyl (C=O) groups is 1. The van der Waals surface area contributed by atoms with E-state index in [4.69, 9.17) is 0 Å². The normalized spacial score (nSPS) is 10.5. The molecule has 88 valence electrons. The van der Waals surface area contributed by atoms with Crippen molar-refractivity contribution in [2.24, 2.45) is 0 Å². The Balaban J connectivity index is 2.63. The molecule has 0 aliphatic carbocycles. The lowest BCUT2D eigenvalue weighted by Crippen LogP contribution is -2.30. The number of likely N-dealkylation sites (N-methyl/N-ethyl adjacent to an activating group) is 1. The minimum atomic E-state index is -0.200. The third kappa shape index (κ3) is 3.94. The molecule has 3 nitrogen and oxygen atoms in total. The third-order valence-electron chi connectivity index (χ3n) is 2.38. The average Bonchev–Trinajstić information content (AvgIpc) is 2.30. The first-order valence-electron chi connectivity index (χ1n) is 5.20. The molecule has 0 saturated carbocycles. The van der Waals surface area contributed by atoms with E-state index in [-0.39, 0.29) is 5.97 Å². The van der Waals surface area contributed by atoms with Gasteiger partial charge in [-0.15, -0.1) is 0 Å². The van der Waals surface area contributed by atoms with Crippen LogP contribution in [0.3, 0.4) is 0 Å². The van der Waals surface area contributed by atoms with Crippen molar-refractivity contribution in [2.45, 2.75) is 13.5 Å². The van der Waals surface area contributed by atoms with E-state index in [0.717, 1.165) is 17.6 Å². The Morgan fingerprint density at radius 1 is 1.44 bits per heavy atom. The zero-order valence-corrected chi connectivity index (χ0v) is 11.2. The van der Waals surface area contributed by atoms with Gasteiger partial charge in [-0.3, -0.25) is 9.69 Å². The topological polar surface area (TPSA) is 29.5 Å². The Labute approximate surface area is 105 Å². The van der Waals surface area contributed by atoms with Crippen LogP contribution in [0.1, 0.15) is 12.5 Å². The first-order chi connectivity index (χ1) is 7.67. The molecule has 1 rings (SSSR count). The van der Waals surface area contributed by atoms with Crippen molar-refractivity contribution < 1.29 is 9.53 Å². The molecule has 0 aliphatic heterocycles. The number of esters is 1. The zero-order chi connectivity index (χ0) is 12.0. The number of ether oxygens (including phenoxy) is 1. The number of carbonyl (C=O) groups excluding carboxylic acids is 1. The fourth-order valence-corrected chi connectivity index (χ4v) is 1.80. The summed E-state index contributed by atoms with van der Waals surface area (Å²) in [4.78, 5) is 13.2. The Kier molecular flexibility index (Phi) is 5.49. The van der Waals surface area contributed by atoms with Gasteiger partial charge in [0.15, 0.2) is 0 Å². The summed E-state index contributed by atoms with van der Waals surface area (Å²) in [5.74, 6) is -0.200. The summed E-state index contributed by atoms with van der Waals surface area (Å²) in [6, 6.07) is 8.02. The maximum atomic E-state index is 11.2. The lowest BCUT2D eigenvalue weighted by Gasteiger charge is -2.19. The van der Waals surface area contributed by atoms with Crippen molar-refractivity contribution in [2.75, 3.05) is 20.2 Å². The van der Waals surface area contributed by atoms with Gasteiger partial charge in [-0.05, 0) is 18.2 Å². The van der Waals surface area contributed by atoms with Crippen molar-refractivity contribution in [3.63, 3.8) is 0 Å². The first-order valence-corrected chi connectivity index (χ1v) is 5.99. The summed E-state index contributed by atoms with van der Waals surface area (Å²) in [6.07, 6.45) is 0. The van der Waals surface area contributed by atoms with Crippen LogP contribution in [0.5, 0.6) is 0 Å². The van der Waals surface area contributed by atoms with Crippen LogP contribution in [-0.4, -0.2) is 31.1 Å². The Hall–Kier alpha value is -0.870. The molecule has 0 aromatic heterocycles. The van der Waals surface area contributed by atoms with E-state index in [9.17, 15) is 4.79 Å². The number of benzene rings is 1. The van der Waals surface area contributed by atoms with Gasteiger partial charge in [0.05, 0.1) is 13.7 Å². The fraction of sp³-hybridized carbons (Fsp3) is 0.417. The summed E-state index contributed by atoms with van der Waals surface area (Å²) in [5, 5.41) is 0. The van der Waals surface area contributed by atoms with Crippen LogP contribution in [0, 0.1) is 0 Å². The molecule has 16 heavy (non-hydrogen) atoms. The highest BCUT2D eigenvalue weighted by Gasteiger charge is 2.10. The number of methoxy groups -OCH3 is 1. The van der Waals surface area contributed by atoms with Crippen molar-refractivity contribution in [3.8, 4) is 0 Å². The summed E-state index contributed by atoms with van der Waals surface area (Å²) in [7, 11) is 1.41. The molecule has 0 saturated heterocycles. The van der Waals surface area contributed by atoms with Gasteiger partial charge >= 0.3 is 5.97 Å². The van der Waals surface area contributed by atoms with Gasteiger partial charge in [-0.1, -0.05) is 41.1 Å². The smallest absolute Gasteiger partial charge is 0.319 e.